The van der Waals surface area contributed by atoms with E-state index in [1.165, 1.54) is 0 Å². The van der Waals surface area contributed by atoms with E-state index >= 15 is 0 Å². The van der Waals surface area contributed by atoms with Crippen LogP contribution in [0.4, 0.5) is 5.95 Å². The van der Waals surface area contributed by atoms with Gasteiger partial charge in [-0.2, -0.15) is 4.98 Å². The van der Waals surface area contributed by atoms with Crippen molar-refractivity contribution in [2.75, 3.05) is 30.5 Å². The van der Waals surface area contributed by atoms with Crippen LogP contribution in [-0.4, -0.2) is 55.2 Å². The van der Waals surface area contributed by atoms with E-state index in [0.717, 1.165) is 5.82 Å². The molecule has 1 aromatic rings. The number of anilines is 1. The van der Waals surface area contributed by atoms with Crippen LogP contribution in [-0.2, 0) is 16.4 Å². The molecular formula is C9H17N5O2S. The zero-order chi connectivity index (χ0) is 12.5. The quantitative estimate of drug-likeness (QED) is 0.732. The SMILES string of the molecule is CN(C)c1n[nH]c(CNC2CCS(=O)(=O)C2)n1. The van der Waals surface area contributed by atoms with E-state index < -0.39 is 9.84 Å². The normalized spacial score (nSPS) is 22.8. The van der Waals surface area contributed by atoms with Crippen molar-refractivity contribution in [3.63, 3.8) is 0 Å². The van der Waals surface area contributed by atoms with Crippen LogP contribution >= 0.6 is 0 Å². The summed E-state index contributed by atoms with van der Waals surface area (Å²) in [5, 5.41) is 10.0. The summed E-state index contributed by atoms with van der Waals surface area (Å²) in [5.41, 5.74) is 0. The number of aromatic nitrogens is 3. The van der Waals surface area contributed by atoms with Crippen molar-refractivity contribution in [3.8, 4) is 0 Å². The third kappa shape index (κ3) is 3.16. The average Bonchev–Trinajstić information content (AvgIpc) is 2.81. The minimum Gasteiger partial charge on any atom is -0.346 e. The summed E-state index contributed by atoms with van der Waals surface area (Å²) in [5.74, 6) is 1.85. The first kappa shape index (κ1) is 12.3. The number of rotatable bonds is 4. The fraction of sp³-hybridized carbons (Fsp3) is 0.778. The van der Waals surface area contributed by atoms with Crippen LogP contribution < -0.4 is 10.2 Å². The van der Waals surface area contributed by atoms with Gasteiger partial charge in [0.05, 0.1) is 18.1 Å². The maximum Gasteiger partial charge on any atom is 0.244 e. The average molecular weight is 259 g/mol. The van der Waals surface area contributed by atoms with Crippen LogP contribution in [0.15, 0.2) is 0 Å². The van der Waals surface area contributed by atoms with E-state index in [1.807, 2.05) is 14.1 Å². The number of sulfone groups is 1. The van der Waals surface area contributed by atoms with Crippen LogP contribution in [0.25, 0.3) is 0 Å². The molecule has 2 N–H and O–H groups in total. The minimum atomic E-state index is -2.83. The molecule has 0 bridgehead atoms. The van der Waals surface area contributed by atoms with Gasteiger partial charge in [0.2, 0.25) is 5.95 Å². The Morgan fingerprint density at radius 2 is 2.29 bits per heavy atom. The molecule has 2 rings (SSSR count). The largest absolute Gasteiger partial charge is 0.346 e. The van der Waals surface area contributed by atoms with E-state index in [0.29, 0.717) is 18.9 Å². The van der Waals surface area contributed by atoms with Gasteiger partial charge in [0.1, 0.15) is 5.82 Å². The Kier molecular flexibility index (Phi) is 3.34. The lowest BCUT2D eigenvalue weighted by Crippen LogP contribution is -2.29. The van der Waals surface area contributed by atoms with Crippen LogP contribution in [0.3, 0.4) is 0 Å². The second-order valence-electron chi connectivity index (χ2n) is 4.46. The van der Waals surface area contributed by atoms with Crippen LogP contribution in [0.2, 0.25) is 0 Å². The third-order valence-electron chi connectivity index (χ3n) is 2.71. The highest BCUT2D eigenvalue weighted by molar-refractivity contribution is 7.91. The van der Waals surface area contributed by atoms with E-state index in [2.05, 4.69) is 20.5 Å². The van der Waals surface area contributed by atoms with Crippen molar-refractivity contribution >= 4 is 15.8 Å². The van der Waals surface area contributed by atoms with Gasteiger partial charge in [-0.25, -0.2) is 8.42 Å². The summed E-state index contributed by atoms with van der Waals surface area (Å²) in [4.78, 5) is 6.06. The fourth-order valence-electron chi connectivity index (χ4n) is 1.76. The van der Waals surface area contributed by atoms with Crippen molar-refractivity contribution in [1.29, 1.82) is 0 Å². The highest BCUT2D eigenvalue weighted by Crippen LogP contribution is 2.11. The molecule has 0 saturated carbocycles. The van der Waals surface area contributed by atoms with Gasteiger partial charge in [-0.1, -0.05) is 0 Å². The van der Waals surface area contributed by atoms with E-state index in [1.54, 1.807) is 4.90 Å². The molecule has 0 spiro atoms. The van der Waals surface area contributed by atoms with Gasteiger partial charge in [0.25, 0.3) is 0 Å². The topological polar surface area (TPSA) is 91.0 Å². The first-order chi connectivity index (χ1) is 7.96. The molecule has 0 aliphatic carbocycles. The highest BCUT2D eigenvalue weighted by Gasteiger charge is 2.27. The molecule has 0 amide bonds. The van der Waals surface area contributed by atoms with Gasteiger partial charge < -0.3 is 10.2 Å². The van der Waals surface area contributed by atoms with E-state index in [9.17, 15) is 8.42 Å². The number of H-pyrrole nitrogens is 1. The molecule has 0 radical (unpaired) electrons. The van der Waals surface area contributed by atoms with Gasteiger partial charge in [-0.3, -0.25) is 5.10 Å². The van der Waals surface area contributed by atoms with Gasteiger partial charge in [-0.05, 0) is 6.42 Å². The first-order valence-electron chi connectivity index (χ1n) is 5.49. The van der Waals surface area contributed by atoms with Crippen molar-refractivity contribution in [3.05, 3.63) is 5.82 Å². The summed E-state index contributed by atoms with van der Waals surface area (Å²) in [6.45, 7) is 0.515. The lowest BCUT2D eigenvalue weighted by molar-refractivity contribution is 0.542. The number of nitrogens with one attached hydrogen (secondary N) is 2. The summed E-state index contributed by atoms with van der Waals surface area (Å²) >= 11 is 0. The molecule has 8 heteroatoms. The van der Waals surface area contributed by atoms with Gasteiger partial charge in [0, 0.05) is 20.1 Å². The van der Waals surface area contributed by atoms with Crippen molar-refractivity contribution in [1.82, 2.24) is 20.5 Å². The second-order valence-corrected chi connectivity index (χ2v) is 6.69. The molecule has 1 aliphatic rings. The first-order valence-corrected chi connectivity index (χ1v) is 7.31. The molecule has 0 aromatic carbocycles. The Morgan fingerprint density at radius 1 is 1.53 bits per heavy atom. The zero-order valence-electron chi connectivity index (χ0n) is 9.97. The molecule has 1 atom stereocenters. The molecule has 1 saturated heterocycles. The molecule has 1 fully saturated rings. The summed E-state index contributed by atoms with van der Waals surface area (Å²) in [7, 11) is 0.905. The molecular weight excluding hydrogens is 242 g/mol. The smallest absolute Gasteiger partial charge is 0.244 e. The number of hydrogen-bond donors (Lipinski definition) is 2. The van der Waals surface area contributed by atoms with Crippen LogP contribution in [0.1, 0.15) is 12.2 Å². The molecule has 1 aromatic heterocycles. The third-order valence-corrected chi connectivity index (χ3v) is 4.48. The van der Waals surface area contributed by atoms with Crippen molar-refractivity contribution in [2.24, 2.45) is 0 Å². The van der Waals surface area contributed by atoms with Crippen LogP contribution in [0.5, 0.6) is 0 Å². The van der Waals surface area contributed by atoms with E-state index in [4.69, 9.17) is 0 Å². The fourth-order valence-corrected chi connectivity index (χ4v) is 3.47. The molecule has 1 aliphatic heterocycles. The standard InChI is InChI=1S/C9H17N5O2S/c1-14(2)9-11-8(12-13-9)5-10-7-3-4-17(15,16)6-7/h7,10H,3-6H2,1-2H3,(H,11,12,13). The lowest BCUT2D eigenvalue weighted by atomic mass is 10.2. The number of aromatic amines is 1. The highest BCUT2D eigenvalue weighted by atomic mass is 32.2. The number of nitrogens with zero attached hydrogens (tertiary/aromatic N) is 3. The summed E-state index contributed by atoms with van der Waals surface area (Å²) < 4.78 is 22.5. The second kappa shape index (κ2) is 4.61. The molecule has 7 nitrogen and oxygen atoms in total. The van der Waals surface area contributed by atoms with Gasteiger partial charge in [0.15, 0.2) is 9.84 Å². The van der Waals surface area contributed by atoms with Crippen molar-refractivity contribution < 1.29 is 8.42 Å². The molecule has 1 unspecified atom stereocenters. The predicted molar refractivity (Wildman–Crippen MR) is 64.6 cm³/mol. The predicted octanol–water partition coefficient (Wildman–Crippen LogP) is -0.853. The zero-order valence-corrected chi connectivity index (χ0v) is 10.8. The van der Waals surface area contributed by atoms with Gasteiger partial charge in [-0.15, -0.1) is 5.10 Å². The van der Waals surface area contributed by atoms with Crippen LogP contribution in [0, 0.1) is 0 Å². The summed E-state index contributed by atoms with van der Waals surface area (Å²) in [6, 6.07) is 0.0351. The Morgan fingerprint density at radius 3 is 2.82 bits per heavy atom. The minimum absolute atomic E-state index is 0.0351. The maximum atomic E-state index is 11.3. The number of hydrogen-bond acceptors (Lipinski definition) is 6. The van der Waals surface area contributed by atoms with Crippen molar-refractivity contribution in [2.45, 2.75) is 19.0 Å². The Labute approximate surface area is 101 Å². The van der Waals surface area contributed by atoms with Gasteiger partial charge >= 0.3 is 0 Å². The summed E-state index contributed by atoms with van der Waals surface area (Å²) in [6.07, 6.45) is 0.678. The Hall–Kier alpha value is -1.15. The maximum absolute atomic E-state index is 11.3. The molecule has 17 heavy (non-hydrogen) atoms. The molecule has 2 heterocycles. The van der Waals surface area contributed by atoms with E-state index in [-0.39, 0.29) is 17.5 Å². The monoisotopic (exact) mass is 259 g/mol. The molecule has 96 valence electrons. The Balaban J connectivity index is 1.86. The Bertz CT molecular complexity index is 481. The lowest BCUT2D eigenvalue weighted by Gasteiger charge is -2.08.